The van der Waals surface area contributed by atoms with Crippen molar-refractivity contribution in [3.05, 3.63) is 39.7 Å². The minimum Gasteiger partial charge on any atom is -0.477 e. The lowest BCUT2D eigenvalue weighted by Gasteiger charge is -2.41. The molecule has 1 aliphatic rings. The fourth-order valence-electron chi connectivity index (χ4n) is 3.96. The SMILES string of the molecule is CO/N=C1/CCN(c2c(F)cc3c(=O)c(C(=O)O)cn(CCF)c3c2F)CC1(C)CN. The average molecular weight is 440 g/mol. The molecule has 0 saturated carbocycles. The monoisotopic (exact) mass is 440 g/mol. The van der Waals surface area contributed by atoms with Gasteiger partial charge < -0.3 is 25.1 Å². The Morgan fingerprint density at radius 1 is 1.42 bits per heavy atom. The Balaban J connectivity index is 2.22. The number of aryl methyl sites for hydroxylation is 1. The summed E-state index contributed by atoms with van der Waals surface area (Å²) in [6, 6.07) is 0.801. The minimum absolute atomic E-state index is 0.131. The van der Waals surface area contributed by atoms with E-state index in [0.29, 0.717) is 12.1 Å². The zero-order valence-corrected chi connectivity index (χ0v) is 17.1. The van der Waals surface area contributed by atoms with Crippen molar-refractivity contribution in [2.75, 3.05) is 38.3 Å². The molecule has 1 aliphatic heterocycles. The number of pyridine rings is 1. The third-order valence-corrected chi connectivity index (χ3v) is 5.61. The number of alkyl halides is 1. The lowest BCUT2D eigenvalue weighted by Crippen LogP contribution is -2.52. The van der Waals surface area contributed by atoms with Crippen LogP contribution in [0.2, 0.25) is 0 Å². The van der Waals surface area contributed by atoms with Crippen LogP contribution in [0.15, 0.2) is 22.2 Å². The number of halogens is 3. The molecule has 1 unspecified atom stereocenters. The quantitative estimate of drug-likeness (QED) is 0.666. The first-order valence-corrected chi connectivity index (χ1v) is 9.58. The molecule has 1 fully saturated rings. The van der Waals surface area contributed by atoms with Gasteiger partial charge in [0.25, 0.3) is 0 Å². The van der Waals surface area contributed by atoms with Crippen LogP contribution in [0.3, 0.4) is 0 Å². The second kappa shape index (κ2) is 8.58. The number of carbonyl (C=O) groups is 1. The van der Waals surface area contributed by atoms with Crippen LogP contribution in [0.25, 0.3) is 10.9 Å². The molecule has 2 aromatic rings. The van der Waals surface area contributed by atoms with Gasteiger partial charge in [-0.05, 0) is 6.07 Å². The lowest BCUT2D eigenvalue weighted by atomic mass is 9.79. The highest BCUT2D eigenvalue weighted by Gasteiger charge is 2.38. The summed E-state index contributed by atoms with van der Waals surface area (Å²) >= 11 is 0. The van der Waals surface area contributed by atoms with E-state index < -0.39 is 58.3 Å². The summed E-state index contributed by atoms with van der Waals surface area (Å²) < 4.78 is 44.7. The van der Waals surface area contributed by atoms with Gasteiger partial charge in [-0.15, -0.1) is 0 Å². The highest BCUT2D eigenvalue weighted by molar-refractivity contribution is 5.95. The fraction of sp³-hybridized carbons (Fsp3) is 0.450. The molecule has 0 amide bonds. The number of hydrogen-bond acceptors (Lipinski definition) is 6. The number of carboxylic acid groups (broad SMARTS) is 1. The third-order valence-electron chi connectivity index (χ3n) is 5.61. The molecule has 0 spiro atoms. The van der Waals surface area contributed by atoms with Gasteiger partial charge in [0, 0.05) is 37.7 Å². The summed E-state index contributed by atoms with van der Waals surface area (Å²) in [6.45, 7) is 0.950. The number of hydrogen-bond donors (Lipinski definition) is 2. The normalized spacial score (nSPS) is 20.5. The second-order valence-electron chi connectivity index (χ2n) is 7.63. The number of aromatic nitrogens is 1. The summed E-state index contributed by atoms with van der Waals surface area (Å²) in [6.07, 6.45) is 1.22. The first-order chi connectivity index (χ1) is 14.7. The molecule has 2 heterocycles. The zero-order valence-electron chi connectivity index (χ0n) is 17.1. The number of oxime groups is 1. The van der Waals surface area contributed by atoms with Gasteiger partial charge in [0.1, 0.15) is 30.9 Å². The summed E-state index contributed by atoms with van der Waals surface area (Å²) in [5.41, 5.74) is 3.37. The van der Waals surface area contributed by atoms with Crippen LogP contribution in [0, 0.1) is 17.0 Å². The van der Waals surface area contributed by atoms with Crippen LogP contribution in [-0.2, 0) is 11.4 Å². The van der Waals surface area contributed by atoms with E-state index >= 15 is 8.78 Å². The first kappa shape index (κ1) is 22.6. The van der Waals surface area contributed by atoms with E-state index in [2.05, 4.69) is 5.16 Å². The van der Waals surface area contributed by atoms with E-state index in [1.807, 2.05) is 0 Å². The highest BCUT2D eigenvalue weighted by atomic mass is 19.1. The third kappa shape index (κ3) is 3.85. The summed E-state index contributed by atoms with van der Waals surface area (Å²) in [4.78, 5) is 30.2. The minimum atomic E-state index is -1.57. The van der Waals surface area contributed by atoms with Crippen molar-refractivity contribution in [2.24, 2.45) is 16.3 Å². The van der Waals surface area contributed by atoms with Crippen molar-refractivity contribution in [1.82, 2.24) is 4.57 Å². The zero-order chi connectivity index (χ0) is 22.9. The molecule has 1 aromatic heterocycles. The fourth-order valence-corrected chi connectivity index (χ4v) is 3.96. The Morgan fingerprint density at radius 3 is 2.71 bits per heavy atom. The van der Waals surface area contributed by atoms with Crippen molar-refractivity contribution in [2.45, 2.75) is 19.9 Å². The highest BCUT2D eigenvalue weighted by Crippen LogP contribution is 2.35. The van der Waals surface area contributed by atoms with Gasteiger partial charge >= 0.3 is 5.97 Å². The molecule has 0 radical (unpaired) electrons. The summed E-state index contributed by atoms with van der Waals surface area (Å²) in [5.74, 6) is -3.66. The van der Waals surface area contributed by atoms with Gasteiger partial charge in [-0.25, -0.2) is 18.0 Å². The topological polar surface area (TPSA) is 110 Å². The Morgan fingerprint density at radius 2 is 2.13 bits per heavy atom. The molecule has 3 N–H and O–H groups in total. The van der Waals surface area contributed by atoms with Crippen molar-refractivity contribution in [3.8, 4) is 0 Å². The number of nitrogens with zero attached hydrogens (tertiary/aromatic N) is 3. The average Bonchev–Trinajstić information content (AvgIpc) is 2.72. The van der Waals surface area contributed by atoms with E-state index in [0.717, 1.165) is 16.8 Å². The maximum Gasteiger partial charge on any atom is 0.341 e. The van der Waals surface area contributed by atoms with E-state index in [1.165, 1.54) is 12.0 Å². The Kier molecular flexibility index (Phi) is 6.25. The molecule has 168 valence electrons. The predicted molar refractivity (Wildman–Crippen MR) is 109 cm³/mol. The van der Waals surface area contributed by atoms with E-state index in [4.69, 9.17) is 10.6 Å². The number of anilines is 1. The number of nitrogens with two attached hydrogens (primary N) is 1. The van der Waals surface area contributed by atoms with Crippen molar-refractivity contribution in [1.29, 1.82) is 0 Å². The van der Waals surface area contributed by atoms with E-state index in [1.54, 1.807) is 6.92 Å². The maximum absolute atomic E-state index is 15.6. The molecule has 3 rings (SSSR count). The number of aromatic carboxylic acids is 1. The van der Waals surface area contributed by atoms with Crippen LogP contribution >= 0.6 is 0 Å². The molecule has 31 heavy (non-hydrogen) atoms. The van der Waals surface area contributed by atoms with Gasteiger partial charge in [-0.3, -0.25) is 4.79 Å². The number of fused-ring (bicyclic) bond motifs is 1. The molecular weight excluding hydrogens is 417 g/mol. The molecule has 0 aliphatic carbocycles. The Bertz CT molecular complexity index is 1120. The van der Waals surface area contributed by atoms with Crippen LogP contribution < -0.4 is 16.1 Å². The number of piperidine rings is 1. The van der Waals surface area contributed by atoms with Crippen molar-refractivity contribution < 1.29 is 27.9 Å². The van der Waals surface area contributed by atoms with Crippen LogP contribution in [-0.4, -0.2) is 54.8 Å². The van der Waals surface area contributed by atoms with Crippen LogP contribution in [0.1, 0.15) is 23.7 Å². The molecule has 1 atom stereocenters. The second-order valence-corrected chi connectivity index (χ2v) is 7.63. The van der Waals surface area contributed by atoms with E-state index in [9.17, 15) is 19.1 Å². The van der Waals surface area contributed by atoms with E-state index in [-0.39, 0.29) is 25.2 Å². The van der Waals surface area contributed by atoms with Gasteiger partial charge in [0.05, 0.1) is 23.2 Å². The Hall–Kier alpha value is -3.08. The number of rotatable bonds is 6. The summed E-state index contributed by atoms with van der Waals surface area (Å²) in [5, 5.41) is 12.8. The molecule has 0 bridgehead atoms. The first-order valence-electron chi connectivity index (χ1n) is 9.58. The lowest BCUT2D eigenvalue weighted by molar-refractivity contribution is 0.0694. The smallest absolute Gasteiger partial charge is 0.341 e. The van der Waals surface area contributed by atoms with Gasteiger partial charge in [-0.1, -0.05) is 12.1 Å². The molecular formula is C20H23F3N4O4. The largest absolute Gasteiger partial charge is 0.477 e. The summed E-state index contributed by atoms with van der Waals surface area (Å²) in [7, 11) is 1.40. The van der Waals surface area contributed by atoms with Crippen molar-refractivity contribution in [3.63, 3.8) is 0 Å². The predicted octanol–water partition coefficient (Wildman–Crippen LogP) is 2.12. The van der Waals surface area contributed by atoms with Crippen molar-refractivity contribution >= 4 is 28.3 Å². The van der Waals surface area contributed by atoms with Gasteiger partial charge in [0.2, 0.25) is 5.43 Å². The molecule has 1 saturated heterocycles. The Labute approximate surface area is 175 Å². The maximum atomic E-state index is 15.6. The van der Waals surface area contributed by atoms with Crippen LogP contribution in [0.5, 0.6) is 0 Å². The standard InChI is InChI=1S/C20H23F3N4O4/c1-20(9-24)10-27(5-3-14(20)25-31-2)17-13(22)7-11-16(15(17)23)26(6-4-21)8-12(18(11)28)19(29)30/h7-8H,3-6,9-10,24H2,1-2H3,(H,29,30)/b25-14-. The van der Waals surface area contributed by atoms with Crippen LogP contribution in [0.4, 0.5) is 18.9 Å². The molecule has 1 aromatic carbocycles. The molecule has 11 heteroatoms. The molecule has 8 nitrogen and oxygen atoms in total. The van der Waals surface area contributed by atoms with Gasteiger partial charge in [-0.2, -0.15) is 0 Å². The number of benzene rings is 1. The number of carboxylic acids is 1. The van der Waals surface area contributed by atoms with Gasteiger partial charge in [0.15, 0.2) is 5.82 Å².